The maximum Gasteiger partial charge on any atom is 0.254 e. The molecule has 2 aromatic rings. The van der Waals surface area contributed by atoms with Gasteiger partial charge in [0, 0.05) is 31.7 Å². The molecule has 1 aromatic carbocycles. The van der Waals surface area contributed by atoms with Gasteiger partial charge in [-0.15, -0.1) is 0 Å². The molecule has 1 amide bonds. The Balaban J connectivity index is 1.99. The first kappa shape index (κ1) is 15.9. The van der Waals surface area contributed by atoms with Crippen LogP contribution >= 0.6 is 0 Å². The molecule has 1 heterocycles. The number of rotatable bonds is 6. The number of ether oxygens (including phenoxy) is 1. The van der Waals surface area contributed by atoms with Gasteiger partial charge in [-0.3, -0.25) is 4.79 Å². The quantitative estimate of drug-likeness (QED) is 0.800. The van der Waals surface area contributed by atoms with Crippen molar-refractivity contribution in [2.45, 2.75) is 13.8 Å². The second-order valence-corrected chi connectivity index (χ2v) is 4.97. The fraction of sp³-hybridized carbons (Fsp3) is 0.312. The molecule has 0 fully saturated rings. The van der Waals surface area contributed by atoms with Gasteiger partial charge in [-0.2, -0.15) is 0 Å². The molecule has 22 heavy (non-hydrogen) atoms. The molecule has 0 aliphatic carbocycles. The topological polar surface area (TPSA) is 76.1 Å². The Bertz CT molecular complexity index is 641. The van der Waals surface area contributed by atoms with E-state index in [0.29, 0.717) is 24.7 Å². The molecule has 0 aliphatic rings. The molecule has 0 aliphatic heterocycles. The summed E-state index contributed by atoms with van der Waals surface area (Å²) in [7, 11) is 1.59. The zero-order chi connectivity index (χ0) is 15.9. The zero-order valence-corrected chi connectivity index (χ0v) is 13.0. The third-order valence-corrected chi connectivity index (χ3v) is 3.27. The number of benzene rings is 1. The SMILES string of the molecule is COCCNC(=O)c1cnc(Nc2ccc(C)c(C)c2)nc1. The largest absolute Gasteiger partial charge is 0.383 e. The molecule has 0 radical (unpaired) electrons. The Morgan fingerprint density at radius 2 is 1.91 bits per heavy atom. The predicted octanol–water partition coefficient (Wildman–Crippen LogP) is 2.21. The summed E-state index contributed by atoms with van der Waals surface area (Å²) in [5.74, 6) is 0.242. The second kappa shape index (κ2) is 7.51. The predicted molar refractivity (Wildman–Crippen MR) is 85.4 cm³/mol. The minimum atomic E-state index is -0.213. The van der Waals surface area contributed by atoms with Crippen molar-refractivity contribution in [1.29, 1.82) is 0 Å². The number of nitrogens with zero attached hydrogens (tertiary/aromatic N) is 2. The number of anilines is 2. The van der Waals surface area contributed by atoms with Crippen LogP contribution in [0.5, 0.6) is 0 Å². The number of amides is 1. The third kappa shape index (κ3) is 4.26. The summed E-state index contributed by atoms with van der Waals surface area (Å²) in [4.78, 5) is 20.1. The molecule has 6 nitrogen and oxygen atoms in total. The first-order valence-corrected chi connectivity index (χ1v) is 7.03. The second-order valence-electron chi connectivity index (χ2n) is 4.97. The van der Waals surface area contributed by atoms with E-state index < -0.39 is 0 Å². The lowest BCUT2D eigenvalue weighted by Crippen LogP contribution is -2.27. The van der Waals surface area contributed by atoms with E-state index in [9.17, 15) is 4.79 Å². The summed E-state index contributed by atoms with van der Waals surface area (Å²) >= 11 is 0. The van der Waals surface area contributed by atoms with Crippen LogP contribution in [0.2, 0.25) is 0 Å². The molecule has 0 atom stereocenters. The molecule has 6 heteroatoms. The lowest BCUT2D eigenvalue weighted by molar-refractivity contribution is 0.0936. The molecule has 0 bridgehead atoms. The molecule has 116 valence electrons. The number of methoxy groups -OCH3 is 1. The number of nitrogens with one attached hydrogen (secondary N) is 2. The number of carbonyl (C=O) groups excluding carboxylic acids is 1. The summed E-state index contributed by atoms with van der Waals surface area (Å²) in [6.07, 6.45) is 3.00. The van der Waals surface area contributed by atoms with E-state index >= 15 is 0 Å². The Kier molecular flexibility index (Phi) is 5.43. The number of carbonyl (C=O) groups is 1. The van der Waals surface area contributed by atoms with Gasteiger partial charge in [-0.25, -0.2) is 9.97 Å². The highest BCUT2D eigenvalue weighted by molar-refractivity contribution is 5.93. The van der Waals surface area contributed by atoms with Crippen LogP contribution in [0.15, 0.2) is 30.6 Å². The summed E-state index contributed by atoms with van der Waals surface area (Å²) in [5.41, 5.74) is 3.76. The normalized spacial score (nSPS) is 10.3. The molecule has 0 unspecified atom stereocenters. The Morgan fingerprint density at radius 1 is 1.18 bits per heavy atom. The fourth-order valence-electron chi connectivity index (χ4n) is 1.83. The fourth-order valence-corrected chi connectivity index (χ4v) is 1.83. The maximum absolute atomic E-state index is 11.8. The molecule has 2 rings (SSSR count). The van der Waals surface area contributed by atoms with Crippen LogP contribution in [0.1, 0.15) is 21.5 Å². The highest BCUT2D eigenvalue weighted by atomic mass is 16.5. The van der Waals surface area contributed by atoms with Gasteiger partial charge in [0.25, 0.3) is 5.91 Å². The molecule has 1 aromatic heterocycles. The molecular formula is C16H20N4O2. The number of aromatic nitrogens is 2. The summed E-state index contributed by atoms with van der Waals surface area (Å²) in [6.45, 7) is 5.04. The van der Waals surface area contributed by atoms with E-state index in [4.69, 9.17) is 4.74 Å². The van der Waals surface area contributed by atoms with Crippen molar-refractivity contribution in [3.8, 4) is 0 Å². The van der Waals surface area contributed by atoms with Crippen LogP contribution in [0.4, 0.5) is 11.6 Å². The molecule has 0 saturated heterocycles. The average Bonchev–Trinajstić information content (AvgIpc) is 2.52. The van der Waals surface area contributed by atoms with E-state index in [1.807, 2.05) is 18.2 Å². The molecular weight excluding hydrogens is 280 g/mol. The number of hydrogen-bond acceptors (Lipinski definition) is 5. The van der Waals surface area contributed by atoms with Gasteiger partial charge in [0.1, 0.15) is 0 Å². The van der Waals surface area contributed by atoms with Crippen LogP contribution in [-0.2, 0) is 4.74 Å². The van der Waals surface area contributed by atoms with Crippen LogP contribution < -0.4 is 10.6 Å². The highest BCUT2D eigenvalue weighted by Crippen LogP contribution is 2.17. The van der Waals surface area contributed by atoms with Gasteiger partial charge in [0.15, 0.2) is 0 Å². The van der Waals surface area contributed by atoms with E-state index in [0.717, 1.165) is 5.69 Å². The Morgan fingerprint density at radius 3 is 2.55 bits per heavy atom. The first-order valence-electron chi connectivity index (χ1n) is 7.03. The monoisotopic (exact) mass is 300 g/mol. The van der Waals surface area contributed by atoms with Crippen LogP contribution in [0, 0.1) is 13.8 Å². The van der Waals surface area contributed by atoms with Gasteiger partial charge in [0.05, 0.1) is 12.2 Å². The van der Waals surface area contributed by atoms with Gasteiger partial charge in [0.2, 0.25) is 5.95 Å². The first-order chi connectivity index (χ1) is 10.6. The van der Waals surface area contributed by atoms with Crippen molar-refractivity contribution in [1.82, 2.24) is 15.3 Å². The molecule has 0 spiro atoms. The average molecular weight is 300 g/mol. The van der Waals surface area contributed by atoms with Crippen molar-refractivity contribution in [3.05, 3.63) is 47.3 Å². The summed E-state index contributed by atoms with van der Waals surface area (Å²) in [6, 6.07) is 6.04. The van der Waals surface area contributed by atoms with E-state index in [1.54, 1.807) is 7.11 Å². The smallest absolute Gasteiger partial charge is 0.254 e. The molecule has 2 N–H and O–H groups in total. The zero-order valence-electron chi connectivity index (χ0n) is 13.0. The Hall–Kier alpha value is -2.47. The van der Waals surface area contributed by atoms with Crippen LogP contribution in [0.3, 0.4) is 0 Å². The Labute approximate surface area is 129 Å². The van der Waals surface area contributed by atoms with Crippen LogP contribution in [0.25, 0.3) is 0 Å². The van der Waals surface area contributed by atoms with Gasteiger partial charge >= 0.3 is 0 Å². The van der Waals surface area contributed by atoms with Crippen LogP contribution in [-0.4, -0.2) is 36.1 Å². The standard InChI is InChI=1S/C16H20N4O2/c1-11-4-5-14(8-12(11)2)20-16-18-9-13(10-19-16)15(21)17-6-7-22-3/h4-5,8-10H,6-7H2,1-3H3,(H,17,21)(H,18,19,20). The van der Waals surface area contributed by atoms with Gasteiger partial charge in [-0.05, 0) is 37.1 Å². The molecule has 0 saturated carbocycles. The number of hydrogen-bond donors (Lipinski definition) is 2. The van der Waals surface area contributed by atoms with Crippen molar-refractivity contribution in [2.75, 3.05) is 25.6 Å². The minimum absolute atomic E-state index is 0.213. The number of aryl methyl sites for hydroxylation is 2. The van der Waals surface area contributed by atoms with Crippen molar-refractivity contribution >= 4 is 17.5 Å². The van der Waals surface area contributed by atoms with Crippen molar-refractivity contribution in [3.63, 3.8) is 0 Å². The van der Waals surface area contributed by atoms with E-state index in [-0.39, 0.29) is 5.91 Å². The van der Waals surface area contributed by atoms with Crippen molar-refractivity contribution < 1.29 is 9.53 Å². The highest BCUT2D eigenvalue weighted by Gasteiger charge is 2.06. The summed E-state index contributed by atoms with van der Waals surface area (Å²) < 4.78 is 4.88. The lowest BCUT2D eigenvalue weighted by Gasteiger charge is -2.08. The van der Waals surface area contributed by atoms with E-state index in [2.05, 4.69) is 34.4 Å². The van der Waals surface area contributed by atoms with E-state index in [1.165, 1.54) is 23.5 Å². The third-order valence-electron chi connectivity index (χ3n) is 3.27. The van der Waals surface area contributed by atoms with Gasteiger partial charge < -0.3 is 15.4 Å². The van der Waals surface area contributed by atoms with Gasteiger partial charge in [-0.1, -0.05) is 6.07 Å². The minimum Gasteiger partial charge on any atom is -0.383 e. The summed E-state index contributed by atoms with van der Waals surface area (Å²) in [5, 5.41) is 5.83. The lowest BCUT2D eigenvalue weighted by atomic mass is 10.1. The van der Waals surface area contributed by atoms with Crippen molar-refractivity contribution in [2.24, 2.45) is 0 Å². The maximum atomic E-state index is 11.8.